The van der Waals surface area contributed by atoms with Gasteiger partial charge >= 0.3 is 10.2 Å². The Bertz CT molecular complexity index is 557. The summed E-state index contributed by atoms with van der Waals surface area (Å²) in [6.07, 6.45) is 1.69. The molecule has 1 unspecified atom stereocenters. The van der Waals surface area contributed by atoms with Gasteiger partial charge in [-0.2, -0.15) is 12.7 Å². The summed E-state index contributed by atoms with van der Waals surface area (Å²) in [5.74, 6) is 0.0465. The lowest BCUT2D eigenvalue weighted by molar-refractivity contribution is 0.165. The van der Waals surface area contributed by atoms with Crippen molar-refractivity contribution in [2.24, 2.45) is 5.92 Å². The number of aliphatic hydroxyl groups is 1. The molecule has 2 rings (SSSR count). The highest BCUT2D eigenvalue weighted by molar-refractivity contribution is 7.90. The van der Waals surface area contributed by atoms with Crippen LogP contribution in [0, 0.1) is 12.8 Å². The van der Waals surface area contributed by atoms with E-state index in [4.69, 9.17) is 0 Å². The predicted molar refractivity (Wildman–Crippen MR) is 84.5 cm³/mol. The molecule has 0 aliphatic carbocycles. The molecule has 0 aromatic heterocycles. The fourth-order valence-electron chi connectivity index (χ4n) is 2.71. The van der Waals surface area contributed by atoms with E-state index in [-0.39, 0.29) is 12.5 Å². The summed E-state index contributed by atoms with van der Waals surface area (Å²) in [5.41, 5.74) is 1.79. The molecule has 1 saturated heterocycles. The second kappa shape index (κ2) is 6.77. The number of rotatable bonds is 5. The monoisotopic (exact) mass is 312 g/mol. The molecule has 0 saturated carbocycles. The molecule has 118 valence electrons. The summed E-state index contributed by atoms with van der Waals surface area (Å²) in [6.45, 7) is 5.19. The van der Waals surface area contributed by atoms with E-state index in [1.54, 1.807) is 0 Å². The standard InChI is InChI=1S/C15H24N2O3S/c1-3-17(15-8-6-13(2)7-9-15)21(19,20)16-10-4-5-14(11-16)12-18/h6-9,14,18H,3-5,10-12H2,1-2H3. The van der Waals surface area contributed by atoms with Crippen LogP contribution in [0.2, 0.25) is 0 Å². The van der Waals surface area contributed by atoms with Crippen LogP contribution < -0.4 is 4.31 Å². The highest BCUT2D eigenvalue weighted by Crippen LogP contribution is 2.25. The zero-order valence-electron chi connectivity index (χ0n) is 12.7. The molecule has 1 fully saturated rings. The number of benzene rings is 1. The van der Waals surface area contributed by atoms with E-state index in [1.165, 1.54) is 8.61 Å². The zero-order valence-corrected chi connectivity index (χ0v) is 13.5. The molecule has 1 aromatic rings. The van der Waals surface area contributed by atoms with Crippen LogP contribution in [0.3, 0.4) is 0 Å². The van der Waals surface area contributed by atoms with Crippen molar-refractivity contribution in [3.8, 4) is 0 Å². The van der Waals surface area contributed by atoms with Gasteiger partial charge in [-0.05, 0) is 44.7 Å². The summed E-state index contributed by atoms with van der Waals surface area (Å²) >= 11 is 0. The summed E-state index contributed by atoms with van der Waals surface area (Å²) in [6, 6.07) is 7.51. The first-order valence-electron chi connectivity index (χ1n) is 7.44. The first kappa shape index (κ1) is 16.3. The van der Waals surface area contributed by atoms with Gasteiger partial charge in [-0.15, -0.1) is 0 Å². The number of hydrogen-bond donors (Lipinski definition) is 1. The normalized spacial score (nSPS) is 20.4. The van der Waals surface area contributed by atoms with Gasteiger partial charge in [0.1, 0.15) is 0 Å². The van der Waals surface area contributed by atoms with Crippen molar-refractivity contribution in [3.63, 3.8) is 0 Å². The van der Waals surface area contributed by atoms with Crippen molar-refractivity contribution in [1.82, 2.24) is 4.31 Å². The van der Waals surface area contributed by atoms with E-state index in [9.17, 15) is 13.5 Å². The quantitative estimate of drug-likeness (QED) is 0.901. The second-order valence-corrected chi connectivity index (χ2v) is 7.41. The van der Waals surface area contributed by atoms with Crippen LogP contribution in [0.4, 0.5) is 5.69 Å². The van der Waals surface area contributed by atoms with Crippen LogP contribution in [-0.4, -0.2) is 44.1 Å². The Morgan fingerprint density at radius 3 is 2.57 bits per heavy atom. The first-order chi connectivity index (χ1) is 9.98. The highest BCUT2D eigenvalue weighted by atomic mass is 32.2. The van der Waals surface area contributed by atoms with Crippen LogP contribution in [0.15, 0.2) is 24.3 Å². The van der Waals surface area contributed by atoms with Crippen molar-refractivity contribution >= 4 is 15.9 Å². The predicted octanol–water partition coefficient (Wildman–Crippen LogP) is 1.77. The van der Waals surface area contributed by atoms with Crippen LogP contribution >= 0.6 is 0 Å². The van der Waals surface area contributed by atoms with Crippen molar-refractivity contribution in [2.45, 2.75) is 26.7 Å². The lowest BCUT2D eigenvalue weighted by Crippen LogP contribution is -2.48. The third kappa shape index (κ3) is 3.56. The smallest absolute Gasteiger partial charge is 0.304 e. The summed E-state index contributed by atoms with van der Waals surface area (Å²) in [4.78, 5) is 0. The van der Waals surface area contributed by atoms with Gasteiger partial charge < -0.3 is 5.11 Å². The minimum atomic E-state index is -3.53. The number of aryl methyl sites for hydroxylation is 1. The number of anilines is 1. The Morgan fingerprint density at radius 2 is 2.00 bits per heavy atom. The molecular weight excluding hydrogens is 288 g/mol. The van der Waals surface area contributed by atoms with Crippen molar-refractivity contribution in [3.05, 3.63) is 29.8 Å². The molecule has 0 bridgehead atoms. The van der Waals surface area contributed by atoms with Crippen LogP contribution in [-0.2, 0) is 10.2 Å². The molecule has 0 radical (unpaired) electrons. The lowest BCUT2D eigenvalue weighted by atomic mass is 10.0. The Balaban J connectivity index is 2.25. The van der Waals surface area contributed by atoms with Crippen LogP contribution in [0.5, 0.6) is 0 Å². The van der Waals surface area contributed by atoms with Gasteiger partial charge in [0.2, 0.25) is 0 Å². The van der Waals surface area contributed by atoms with E-state index in [2.05, 4.69) is 0 Å². The van der Waals surface area contributed by atoms with Gasteiger partial charge in [-0.3, -0.25) is 4.31 Å². The minimum absolute atomic E-state index is 0.0443. The molecule has 1 aromatic carbocycles. The Morgan fingerprint density at radius 1 is 1.33 bits per heavy atom. The van der Waals surface area contributed by atoms with E-state index >= 15 is 0 Å². The topological polar surface area (TPSA) is 60.9 Å². The van der Waals surface area contributed by atoms with Crippen molar-refractivity contribution in [1.29, 1.82) is 0 Å². The fraction of sp³-hybridized carbons (Fsp3) is 0.600. The largest absolute Gasteiger partial charge is 0.396 e. The zero-order chi connectivity index (χ0) is 15.5. The molecule has 1 aliphatic heterocycles. The van der Waals surface area contributed by atoms with Crippen molar-refractivity contribution in [2.75, 3.05) is 30.5 Å². The molecule has 6 heteroatoms. The maximum Gasteiger partial charge on any atom is 0.304 e. The first-order valence-corrected chi connectivity index (χ1v) is 8.84. The molecular formula is C15H24N2O3S. The second-order valence-electron chi connectivity index (χ2n) is 5.56. The van der Waals surface area contributed by atoms with Gasteiger partial charge in [0.25, 0.3) is 0 Å². The lowest BCUT2D eigenvalue weighted by Gasteiger charge is -2.35. The van der Waals surface area contributed by atoms with Crippen molar-refractivity contribution < 1.29 is 13.5 Å². The van der Waals surface area contributed by atoms with Gasteiger partial charge in [0, 0.05) is 26.2 Å². The Hall–Kier alpha value is -1.11. The number of aliphatic hydroxyl groups excluding tert-OH is 1. The van der Waals surface area contributed by atoms with E-state index in [0.29, 0.717) is 25.3 Å². The molecule has 1 atom stereocenters. The van der Waals surface area contributed by atoms with E-state index < -0.39 is 10.2 Å². The highest BCUT2D eigenvalue weighted by Gasteiger charge is 2.32. The maximum absolute atomic E-state index is 12.8. The minimum Gasteiger partial charge on any atom is -0.396 e. The third-order valence-electron chi connectivity index (χ3n) is 3.95. The molecule has 1 aliphatic rings. The number of piperidine rings is 1. The number of hydrogen-bond acceptors (Lipinski definition) is 3. The third-order valence-corrected chi connectivity index (χ3v) is 5.96. The molecule has 21 heavy (non-hydrogen) atoms. The van der Waals surface area contributed by atoms with E-state index in [1.807, 2.05) is 38.1 Å². The summed E-state index contributed by atoms with van der Waals surface area (Å²) < 4.78 is 28.6. The van der Waals surface area contributed by atoms with Gasteiger partial charge in [0.05, 0.1) is 5.69 Å². The summed E-state index contributed by atoms with van der Waals surface area (Å²) in [5, 5.41) is 9.28. The number of nitrogens with zero attached hydrogens (tertiary/aromatic N) is 2. The molecule has 5 nitrogen and oxygen atoms in total. The molecule has 0 amide bonds. The maximum atomic E-state index is 12.8. The van der Waals surface area contributed by atoms with Gasteiger partial charge in [0.15, 0.2) is 0 Å². The fourth-order valence-corrected chi connectivity index (χ4v) is 4.47. The summed E-state index contributed by atoms with van der Waals surface area (Å²) in [7, 11) is -3.53. The average molecular weight is 312 g/mol. The molecule has 1 N–H and O–H groups in total. The van der Waals surface area contributed by atoms with Crippen LogP contribution in [0.1, 0.15) is 25.3 Å². The Labute approximate surface area is 127 Å². The average Bonchev–Trinajstić information content (AvgIpc) is 2.50. The van der Waals surface area contributed by atoms with Gasteiger partial charge in [-0.1, -0.05) is 17.7 Å². The Kier molecular flexibility index (Phi) is 5.24. The van der Waals surface area contributed by atoms with E-state index in [0.717, 1.165) is 18.4 Å². The molecule has 1 heterocycles. The van der Waals surface area contributed by atoms with Gasteiger partial charge in [-0.25, -0.2) is 0 Å². The SMILES string of the molecule is CCN(c1ccc(C)cc1)S(=O)(=O)N1CCCC(CO)C1. The van der Waals surface area contributed by atoms with Crippen LogP contribution in [0.25, 0.3) is 0 Å². The molecule has 0 spiro atoms.